The minimum Gasteiger partial charge on any atom is -0.505 e. The average Bonchev–Trinajstić information content (AvgIpc) is 3.81. The number of carbonyl (C=O) groups excluding carboxylic acids is 3. The number of aromatic hydroxyl groups is 2. The molecule has 0 radical (unpaired) electrons. The number of nitriles is 1. The van der Waals surface area contributed by atoms with Gasteiger partial charge in [-0.3, -0.25) is 9.59 Å². The molecular weight excluding hydrogens is 699 g/mol. The number of unbranched alkanes of at least 4 members (excludes halogenated alkanes) is 1. The molecule has 1 fully saturated rings. The highest BCUT2D eigenvalue weighted by Crippen LogP contribution is 2.68. The zero-order valence-electron chi connectivity index (χ0n) is 26.8. The van der Waals surface area contributed by atoms with Crippen molar-refractivity contribution in [2.45, 2.75) is 72.2 Å². The Morgan fingerprint density at radius 3 is 1.76 bits per heavy atom. The lowest BCUT2D eigenvalue weighted by molar-refractivity contribution is -0.149. The van der Waals surface area contributed by atoms with Gasteiger partial charge in [0.05, 0.1) is 47.8 Å². The van der Waals surface area contributed by atoms with Gasteiger partial charge in [-0.25, -0.2) is 14.8 Å². The molecule has 3 aromatic carbocycles. The Labute approximate surface area is 301 Å². The molecular formula is C36H33N3O6S4. The number of hydrogen-bond acceptors (Lipinski definition) is 11. The lowest BCUT2D eigenvalue weighted by atomic mass is 10.0. The summed E-state index contributed by atoms with van der Waals surface area (Å²) in [5, 5.41) is 35.6. The first-order chi connectivity index (χ1) is 23.7. The van der Waals surface area contributed by atoms with E-state index in [-0.39, 0.29) is 48.3 Å². The molecule has 6 rings (SSSR count). The van der Waals surface area contributed by atoms with Crippen LogP contribution in [0.4, 0.5) is 0 Å². The Kier molecular flexibility index (Phi) is 10.9. The number of hydrazine groups is 1. The molecule has 3 aliphatic heterocycles. The van der Waals surface area contributed by atoms with Crippen LogP contribution >= 0.6 is 47.0 Å². The third kappa shape index (κ3) is 7.05. The fourth-order valence-electron chi connectivity index (χ4n) is 5.54. The van der Waals surface area contributed by atoms with E-state index < -0.39 is 17.8 Å². The van der Waals surface area contributed by atoms with E-state index in [0.29, 0.717) is 28.1 Å². The van der Waals surface area contributed by atoms with Crippen LogP contribution in [0.3, 0.4) is 0 Å². The molecule has 2 N–H and O–H groups in total. The second-order valence-electron chi connectivity index (χ2n) is 11.6. The Balaban J connectivity index is 1.27. The van der Waals surface area contributed by atoms with E-state index in [1.165, 1.54) is 10.0 Å². The van der Waals surface area contributed by atoms with Gasteiger partial charge >= 0.3 is 5.97 Å². The molecule has 49 heavy (non-hydrogen) atoms. The third-order valence-electron chi connectivity index (χ3n) is 8.31. The zero-order chi connectivity index (χ0) is 34.7. The van der Waals surface area contributed by atoms with E-state index in [1.807, 2.05) is 73.7 Å². The van der Waals surface area contributed by atoms with E-state index in [1.54, 1.807) is 0 Å². The smallest absolute Gasteiger partial charge is 0.350 e. The fraction of sp³-hybridized carbons (Fsp3) is 0.278. The Morgan fingerprint density at radius 2 is 1.31 bits per heavy atom. The number of phenolic OH excluding ortho intramolecular Hbond substituents is 2. The molecule has 0 aliphatic carbocycles. The maximum absolute atomic E-state index is 14.0. The number of rotatable bonds is 11. The van der Waals surface area contributed by atoms with E-state index in [2.05, 4.69) is 6.92 Å². The van der Waals surface area contributed by atoms with Gasteiger partial charge in [0.2, 0.25) is 0 Å². The number of carbonyl (C=O) groups is 3. The highest BCUT2D eigenvalue weighted by molar-refractivity contribution is 8.26. The SMILES string of the molecule is CCCCC(CC)COC(=O)C(C#N)=C1Sc2c(O)c3c(c(O)c2S1)SC(=C1C(=O)N(Cc2ccccc2)N(Cc2ccccc2)C1=O)S3. The standard InChI is InChI=1S/C36H33N3O6S4/c1-3-5-12-21(4-2)20-45-34(44)24(17-37)35-46-28-26(40)30-31(27(41)29(28)47-35)49-36(48-30)25-32(42)38(18-22-13-8-6-9-14-22)39(33(25)43)19-23-15-10-7-11-16-23/h6-11,13-16,21,40-41H,3-5,12,18-20H2,1-2H3. The second kappa shape index (κ2) is 15.3. The van der Waals surface area contributed by atoms with Crippen LogP contribution in [0.1, 0.15) is 50.7 Å². The minimum absolute atomic E-state index is 0.0308. The topological polar surface area (TPSA) is 131 Å². The van der Waals surface area contributed by atoms with Crippen LogP contribution in [0.15, 0.2) is 99.9 Å². The van der Waals surface area contributed by atoms with Crippen LogP contribution in [0, 0.1) is 17.2 Å². The molecule has 3 aliphatic rings. The molecule has 1 atom stereocenters. The third-order valence-corrected chi connectivity index (χ3v) is 13.5. The summed E-state index contributed by atoms with van der Waals surface area (Å²) < 4.78 is 6.18. The van der Waals surface area contributed by atoms with Crippen molar-refractivity contribution in [3.05, 3.63) is 91.4 Å². The number of nitrogens with zero attached hydrogens (tertiary/aromatic N) is 3. The number of amides is 2. The summed E-state index contributed by atoms with van der Waals surface area (Å²) in [5.41, 5.74) is 1.50. The van der Waals surface area contributed by atoms with Crippen molar-refractivity contribution in [3.8, 4) is 17.6 Å². The number of hydrogen-bond donors (Lipinski definition) is 2. The van der Waals surface area contributed by atoms with E-state index in [0.717, 1.165) is 83.9 Å². The van der Waals surface area contributed by atoms with Crippen LogP contribution in [-0.4, -0.2) is 44.6 Å². The van der Waals surface area contributed by atoms with Gasteiger partial charge < -0.3 is 14.9 Å². The van der Waals surface area contributed by atoms with Gasteiger partial charge in [0.15, 0.2) is 5.57 Å². The van der Waals surface area contributed by atoms with Crippen molar-refractivity contribution in [1.82, 2.24) is 10.0 Å². The predicted molar refractivity (Wildman–Crippen MR) is 191 cm³/mol. The predicted octanol–water partition coefficient (Wildman–Crippen LogP) is 8.19. The number of fused-ring (bicyclic) bond motifs is 2. The number of esters is 1. The van der Waals surface area contributed by atoms with Crippen LogP contribution in [0.25, 0.3) is 0 Å². The molecule has 0 spiro atoms. The van der Waals surface area contributed by atoms with Crippen LogP contribution in [0.5, 0.6) is 11.5 Å². The van der Waals surface area contributed by atoms with Crippen molar-refractivity contribution in [3.63, 3.8) is 0 Å². The van der Waals surface area contributed by atoms with Crippen molar-refractivity contribution in [2.24, 2.45) is 5.92 Å². The second-order valence-corrected chi connectivity index (χ2v) is 16.2. The van der Waals surface area contributed by atoms with Crippen molar-refractivity contribution >= 4 is 64.8 Å². The van der Waals surface area contributed by atoms with E-state index in [4.69, 9.17) is 4.74 Å². The molecule has 2 amide bonds. The van der Waals surface area contributed by atoms with Crippen molar-refractivity contribution in [2.75, 3.05) is 6.61 Å². The molecule has 9 nitrogen and oxygen atoms in total. The molecule has 13 heteroatoms. The Hall–Kier alpha value is -3.96. The van der Waals surface area contributed by atoms with Gasteiger partial charge in [-0.15, -0.1) is 0 Å². The molecule has 252 valence electrons. The Morgan fingerprint density at radius 1 is 0.816 bits per heavy atom. The summed E-state index contributed by atoms with van der Waals surface area (Å²) in [5.74, 6) is -1.77. The summed E-state index contributed by atoms with van der Waals surface area (Å²) in [6.45, 7) is 4.74. The summed E-state index contributed by atoms with van der Waals surface area (Å²) in [4.78, 5) is 42.1. The van der Waals surface area contributed by atoms with E-state index >= 15 is 0 Å². The average molecular weight is 732 g/mol. The minimum atomic E-state index is -0.735. The number of phenols is 2. The highest BCUT2D eigenvalue weighted by atomic mass is 32.2. The summed E-state index contributed by atoms with van der Waals surface area (Å²) >= 11 is 4.13. The van der Waals surface area contributed by atoms with Crippen LogP contribution < -0.4 is 0 Å². The molecule has 3 aromatic rings. The van der Waals surface area contributed by atoms with Gasteiger partial charge in [-0.2, -0.15) is 5.26 Å². The van der Waals surface area contributed by atoms with Gasteiger partial charge in [-0.05, 0) is 23.5 Å². The lowest BCUT2D eigenvalue weighted by Crippen LogP contribution is -2.39. The Bertz CT molecular complexity index is 1800. The van der Waals surface area contributed by atoms with Crippen molar-refractivity contribution in [1.29, 1.82) is 5.26 Å². The molecule has 3 heterocycles. The molecule has 0 aromatic heterocycles. The molecule has 1 unspecified atom stereocenters. The number of thioether (sulfide) groups is 4. The summed E-state index contributed by atoms with van der Waals surface area (Å²) in [7, 11) is 0. The highest BCUT2D eigenvalue weighted by Gasteiger charge is 2.46. The quantitative estimate of drug-likeness (QED) is 0.0651. The van der Waals surface area contributed by atoms with Gasteiger partial charge in [0.1, 0.15) is 23.1 Å². The zero-order valence-corrected chi connectivity index (χ0v) is 30.1. The van der Waals surface area contributed by atoms with Gasteiger partial charge in [-0.1, -0.05) is 141 Å². The maximum Gasteiger partial charge on any atom is 0.350 e. The summed E-state index contributed by atoms with van der Waals surface area (Å²) in [6.07, 6.45) is 3.86. The molecule has 0 bridgehead atoms. The lowest BCUT2D eigenvalue weighted by Gasteiger charge is -2.27. The first-order valence-corrected chi connectivity index (χ1v) is 19.1. The van der Waals surface area contributed by atoms with Gasteiger partial charge in [0.25, 0.3) is 11.8 Å². The van der Waals surface area contributed by atoms with Gasteiger partial charge in [0, 0.05) is 0 Å². The number of benzene rings is 3. The molecule has 0 saturated carbocycles. The monoisotopic (exact) mass is 731 g/mol. The fourth-order valence-corrected chi connectivity index (χ4v) is 10.8. The number of ether oxygens (including phenoxy) is 1. The van der Waals surface area contributed by atoms with Crippen LogP contribution in [-0.2, 0) is 32.2 Å². The van der Waals surface area contributed by atoms with E-state index in [9.17, 15) is 29.9 Å². The first kappa shape index (κ1) is 34.9. The summed E-state index contributed by atoms with van der Waals surface area (Å²) in [6, 6.07) is 20.8. The largest absolute Gasteiger partial charge is 0.505 e. The molecule has 1 saturated heterocycles. The first-order valence-electron chi connectivity index (χ1n) is 15.9. The van der Waals surface area contributed by atoms with Crippen LogP contribution in [0.2, 0.25) is 0 Å². The normalized spacial score (nSPS) is 15.8. The van der Waals surface area contributed by atoms with Crippen molar-refractivity contribution < 1.29 is 29.3 Å². The maximum atomic E-state index is 14.0.